The van der Waals surface area contributed by atoms with Gasteiger partial charge in [0.2, 0.25) is 5.91 Å². The number of amides is 3. The van der Waals surface area contributed by atoms with Crippen LogP contribution in [0.15, 0.2) is 35.7 Å². The maximum absolute atomic E-state index is 12.2. The summed E-state index contributed by atoms with van der Waals surface area (Å²) in [5, 5.41) is 6.84. The maximum atomic E-state index is 12.2. The highest BCUT2D eigenvalue weighted by Crippen LogP contribution is 2.23. The molecule has 0 fully saturated rings. The van der Waals surface area contributed by atoms with E-state index in [1.807, 2.05) is 24.3 Å². The highest BCUT2D eigenvalue weighted by atomic mass is 32.1. The fraction of sp³-hybridized carbons (Fsp3) is 0.278. The van der Waals surface area contributed by atoms with Crippen molar-refractivity contribution in [3.8, 4) is 0 Å². The lowest BCUT2D eigenvalue weighted by molar-refractivity contribution is -0.115. The fourth-order valence-electron chi connectivity index (χ4n) is 2.17. The summed E-state index contributed by atoms with van der Waals surface area (Å²) in [5.74, 6) is -0.415. The molecule has 0 saturated heterocycles. The molecule has 25 heavy (non-hydrogen) atoms. The minimum atomic E-state index is -0.848. The van der Waals surface area contributed by atoms with Crippen LogP contribution in [-0.4, -0.2) is 25.0 Å². The van der Waals surface area contributed by atoms with Gasteiger partial charge in [0, 0.05) is 0 Å². The number of anilines is 1. The predicted molar refractivity (Wildman–Crippen MR) is 97.1 cm³/mol. The molecule has 2 N–H and O–H groups in total. The number of benzene rings is 1. The summed E-state index contributed by atoms with van der Waals surface area (Å²) in [7, 11) is 1.17. The smallest absolute Gasteiger partial charge is 0.413 e. The van der Waals surface area contributed by atoms with Gasteiger partial charge in [0.15, 0.2) is 0 Å². The molecule has 2 aromatic rings. The number of imide groups is 1. The Labute approximate surface area is 150 Å². The Morgan fingerprint density at radius 3 is 2.40 bits per heavy atom. The number of ether oxygens (including phenoxy) is 1. The molecule has 0 saturated carbocycles. The van der Waals surface area contributed by atoms with Gasteiger partial charge in [-0.1, -0.05) is 38.1 Å². The van der Waals surface area contributed by atoms with Crippen molar-refractivity contribution in [1.82, 2.24) is 5.32 Å². The molecule has 1 heterocycles. The van der Waals surface area contributed by atoms with Crippen LogP contribution in [0.1, 0.15) is 41.3 Å². The molecule has 6 nitrogen and oxygen atoms in total. The minimum absolute atomic E-state index is 0.203. The van der Waals surface area contributed by atoms with Crippen molar-refractivity contribution in [2.45, 2.75) is 26.2 Å². The van der Waals surface area contributed by atoms with E-state index in [1.165, 1.54) is 30.1 Å². The standard InChI is InChI=1S/C18H20N2O4S/c1-11(2)13-6-4-12(5-7-13)10-15(21)19-17-14(8-9-25-17)16(22)20-18(23)24-3/h4-9,11H,10H2,1-3H3,(H,19,21)(H,20,22,23). The molecule has 2 rings (SSSR count). The molecule has 0 unspecified atom stereocenters. The van der Waals surface area contributed by atoms with Crippen molar-refractivity contribution < 1.29 is 19.1 Å². The number of nitrogens with one attached hydrogen (secondary N) is 2. The summed E-state index contributed by atoms with van der Waals surface area (Å²) in [4.78, 5) is 35.3. The van der Waals surface area contributed by atoms with Gasteiger partial charge in [0.05, 0.1) is 19.1 Å². The molecule has 0 aliphatic heterocycles. The van der Waals surface area contributed by atoms with Crippen LogP contribution in [0.2, 0.25) is 0 Å². The summed E-state index contributed by atoms with van der Waals surface area (Å²) in [6.45, 7) is 4.22. The van der Waals surface area contributed by atoms with Gasteiger partial charge in [-0.2, -0.15) is 0 Å². The fourth-order valence-corrected chi connectivity index (χ4v) is 2.97. The van der Waals surface area contributed by atoms with Crippen LogP contribution in [0.4, 0.5) is 9.80 Å². The Hall–Kier alpha value is -2.67. The Morgan fingerprint density at radius 2 is 1.80 bits per heavy atom. The van der Waals surface area contributed by atoms with Crippen LogP contribution < -0.4 is 10.6 Å². The van der Waals surface area contributed by atoms with Gasteiger partial charge in [-0.3, -0.25) is 14.9 Å². The maximum Gasteiger partial charge on any atom is 0.413 e. The van der Waals surface area contributed by atoms with Crippen LogP contribution in [0.25, 0.3) is 0 Å². The van der Waals surface area contributed by atoms with E-state index in [0.717, 1.165) is 5.56 Å². The highest BCUT2D eigenvalue weighted by molar-refractivity contribution is 7.14. The van der Waals surface area contributed by atoms with Gasteiger partial charge >= 0.3 is 6.09 Å². The van der Waals surface area contributed by atoms with Crippen LogP contribution >= 0.6 is 11.3 Å². The van der Waals surface area contributed by atoms with E-state index in [9.17, 15) is 14.4 Å². The summed E-state index contributed by atoms with van der Waals surface area (Å²) >= 11 is 1.21. The predicted octanol–water partition coefficient (Wildman–Crippen LogP) is 3.55. The number of methoxy groups -OCH3 is 1. The van der Waals surface area contributed by atoms with Crippen molar-refractivity contribution in [1.29, 1.82) is 0 Å². The van der Waals surface area contributed by atoms with Crippen LogP contribution in [0, 0.1) is 0 Å². The zero-order valence-corrected chi connectivity index (χ0v) is 15.1. The molecule has 0 aliphatic carbocycles. The quantitative estimate of drug-likeness (QED) is 0.854. The molecule has 1 aromatic heterocycles. The number of alkyl carbamates (subject to hydrolysis) is 1. The van der Waals surface area contributed by atoms with E-state index in [2.05, 4.69) is 29.2 Å². The van der Waals surface area contributed by atoms with Crippen LogP contribution in [-0.2, 0) is 16.0 Å². The monoisotopic (exact) mass is 360 g/mol. The molecule has 132 valence electrons. The average Bonchev–Trinajstić information content (AvgIpc) is 3.03. The van der Waals surface area contributed by atoms with Crippen molar-refractivity contribution in [2.24, 2.45) is 0 Å². The molecule has 0 radical (unpaired) electrons. The second kappa shape index (κ2) is 8.43. The Balaban J connectivity index is 2.00. The van der Waals surface area contributed by atoms with E-state index in [0.29, 0.717) is 10.9 Å². The zero-order chi connectivity index (χ0) is 18.4. The highest BCUT2D eigenvalue weighted by Gasteiger charge is 2.17. The first-order valence-electron chi connectivity index (χ1n) is 7.76. The lowest BCUT2D eigenvalue weighted by Gasteiger charge is -2.08. The van der Waals surface area contributed by atoms with E-state index in [1.54, 1.807) is 5.38 Å². The number of hydrogen-bond donors (Lipinski definition) is 2. The van der Waals surface area contributed by atoms with E-state index in [-0.39, 0.29) is 17.9 Å². The van der Waals surface area contributed by atoms with Crippen molar-refractivity contribution in [2.75, 3.05) is 12.4 Å². The Morgan fingerprint density at radius 1 is 1.12 bits per heavy atom. The number of thiophene rings is 1. The first kappa shape index (κ1) is 18.7. The molecule has 0 bridgehead atoms. The molecule has 0 atom stereocenters. The third-order valence-electron chi connectivity index (χ3n) is 3.57. The summed E-state index contributed by atoms with van der Waals surface area (Å²) < 4.78 is 4.39. The lowest BCUT2D eigenvalue weighted by atomic mass is 10.0. The van der Waals surface area contributed by atoms with Crippen molar-refractivity contribution in [3.05, 3.63) is 52.4 Å². The van der Waals surface area contributed by atoms with Crippen molar-refractivity contribution >= 4 is 34.2 Å². The molecule has 3 amide bonds. The van der Waals surface area contributed by atoms with Gasteiger partial charge in [0.25, 0.3) is 5.91 Å². The minimum Gasteiger partial charge on any atom is -0.453 e. The second-order valence-corrected chi connectivity index (χ2v) is 6.65. The first-order chi connectivity index (χ1) is 11.9. The second-order valence-electron chi connectivity index (χ2n) is 5.73. The summed E-state index contributed by atoms with van der Waals surface area (Å²) in [6.07, 6.45) is -0.646. The molecular weight excluding hydrogens is 340 g/mol. The van der Waals surface area contributed by atoms with Gasteiger partial charge in [-0.05, 0) is 28.5 Å². The van der Waals surface area contributed by atoms with Crippen molar-refractivity contribution in [3.63, 3.8) is 0 Å². The van der Waals surface area contributed by atoms with E-state index in [4.69, 9.17) is 0 Å². The molecule has 0 aliphatic rings. The summed E-state index contributed by atoms with van der Waals surface area (Å²) in [6, 6.07) is 9.40. The van der Waals surface area contributed by atoms with Gasteiger partial charge in [-0.25, -0.2) is 4.79 Å². The topological polar surface area (TPSA) is 84.5 Å². The number of hydrogen-bond acceptors (Lipinski definition) is 5. The Bertz CT molecular complexity index is 766. The molecule has 0 spiro atoms. The number of rotatable bonds is 5. The normalized spacial score (nSPS) is 10.4. The molecule has 7 heteroatoms. The molecular formula is C18H20N2O4S. The third-order valence-corrected chi connectivity index (χ3v) is 4.40. The number of carbonyl (C=O) groups excluding carboxylic acids is 3. The first-order valence-corrected chi connectivity index (χ1v) is 8.64. The lowest BCUT2D eigenvalue weighted by Crippen LogP contribution is -2.30. The van der Waals surface area contributed by atoms with Gasteiger partial charge < -0.3 is 10.1 Å². The SMILES string of the molecule is COC(=O)NC(=O)c1ccsc1NC(=O)Cc1ccc(C(C)C)cc1. The van der Waals surface area contributed by atoms with E-state index >= 15 is 0 Å². The van der Waals surface area contributed by atoms with E-state index < -0.39 is 12.0 Å². The van der Waals surface area contributed by atoms with Gasteiger partial charge in [-0.15, -0.1) is 11.3 Å². The molecule has 1 aromatic carbocycles. The van der Waals surface area contributed by atoms with Crippen LogP contribution in [0.5, 0.6) is 0 Å². The average molecular weight is 360 g/mol. The number of carbonyl (C=O) groups is 3. The summed E-state index contributed by atoms with van der Waals surface area (Å²) in [5.41, 5.74) is 2.32. The zero-order valence-electron chi connectivity index (χ0n) is 14.3. The van der Waals surface area contributed by atoms with Gasteiger partial charge in [0.1, 0.15) is 5.00 Å². The largest absolute Gasteiger partial charge is 0.453 e. The Kier molecular flexibility index (Phi) is 6.30. The third kappa shape index (κ3) is 5.15. The van der Waals surface area contributed by atoms with Crippen LogP contribution in [0.3, 0.4) is 0 Å².